The summed E-state index contributed by atoms with van der Waals surface area (Å²) in [5.41, 5.74) is 1.08. The van der Waals surface area contributed by atoms with Gasteiger partial charge in [-0.05, 0) is 27.6 Å². The number of amides is 2. The predicted octanol–water partition coefficient (Wildman–Crippen LogP) is 3.71. The minimum absolute atomic E-state index is 0.208. The Balaban J connectivity index is 1.93. The molecule has 2 amide bonds. The van der Waals surface area contributed by atoms with Crippen LogP contribution in [0, 0.1) is 0 Å². The number of urea groups is 1. The number of nitrogens with one attached hydrogen (secondary N) is 1. The molecule has 4 nitrogen and oxygen atoms in total. The van der Waals surface area contributed by atoms with Crippen molar-refractivity contribution >= 4 is 27.8 Å². The smallest absolute Gasteiger partial charge is 0.324 e. The molecule has 1 N–H and O–H groups in total. The summed E-state index contributed by atoms with van der Waals surface area (Å²) in [6, 6.07) is 13.0. The summed E-state index contributed by atoms with van der Waals surface area (Å²) in [7, 11) is 1.74. The molecule has 0 atom stereocenters. The lowest BCUT2D eigenvalue weighted by Gasteiger charge is -2.16. The average molecular weight is 309 g/mol. The number of rotatable bonds is 3. The van der Waals surface area contributed by atoms with Gasteiger partial charge in [0.2, 0.25) is 5.88 Å². The van der Waals surface area contributed by atoms with Gasteiger partial charge in [-0.25, -0.2) is 4.79 Å². The van der Waals surface area contributed by atoms with Gasteiger partial charge in [-0.2, -0.15) is 0 Å². The fourth-order valence-electron chi connectivity index (χ4n) is 1.51. The van der Waals surface area contributed by atoms with Crippen LogP contribution in [0.15, 0.2) is 51.6 Å². The Morgan fingerprint density at radius 3 is 2.61 bits per heavy atom. The highest BCUT2D eigenvalue weighted by atomic mass is 79.9. The van der Waals surface area contributed by atoms with E-state index in [1.165, 1.54) is 0 Å². The van der Waals surface area contributed by atoms with Crippen molar-refractivity contribution in [2.45, 2.75) is 6.54 Å². The summed E-state index contributed by atoms with van der Waals surface area (Å²) < 4.78 is 5.80. The van der Waals surface area contributed by atoms with Crippen LogP contribution in [0.4, 0.5) is 10.7 Å². The van der Waals surface area contributed by atoms with Gasteiger partial charge in [-0.3, -0.25) is 5.32 Å². The number of halogens is 1. The van der Waals surface area contributed by atoms with Gasteiger partial charge in [-0.15, -0.1) is 0 Å². The second-order valence-electron chi connectivity index (χ2n) is 3.88. The van der Waals surface area contributed by atoms with E-state index in [4.69, 9.17) is 4.42 Å². The van der Waals surface area contributed by atoms with E-state index in [1.807, 2.05) is 30.3 Å². The van der Waals surface area contributed by atoms with Gasteiger partial charge in [0, 0.05) is 19.7 Å². The SMILES string of the molecule is CN(Cc1ccccc1)C(=O)Nc1ccc(Br)o1. The lowest BCUT2D eigenvalue weighted by Crippen LogP contribution is -2.30. The summed E-state index contributed by atoms with van der Waals surface area (Å²) in [4.78, 5) is 13.5. The number of anilines is 1. The zero-order valence-corrected chi connectivity index (χ0v) is 11.5. The van der Waals surface area contributed by atoms with Crippen LogP contribution in [0.25, 0.3) is 0 Å². The molecule has 0 aliphatic carbocycles. The molecule has 1 heterocycles. The Morgan fingerprint density at radius 2 is 2.00 bits per heavy atom. The fourth-order valence-corrected chi connectivity index (χ4v) is 1.82. The third-order valence-corrected chi connectivity index (χ3v) is 2.84. The van der Waals surface area contributed by atoms with Crippen molar-refractivity contribution in [2.75, 3.05) is 12.4 Å². The number of benzene rings is 1. The van der Waals surface area contributed by atoms with E-state index in [0.717, 1.165) is 5.56 Å². The van der Waals surface area contributed by atoms with E-state index in [-0.39, 0.29) is 6.03 Å². The largest absolute Gasteiger partial charge is 0.434 e. The molecule has 0 radical (unpaired) electrons. The Labute approximate surface area is 114 Å². The summed E-state index contributed by atoms with van der Waals surface area (Å²) in [5.74, 6) is 0.423. The summed E-state index contributed by atoms with van der Waals surface area (Å²) in [6.45, 7) is 0.550. The summed E-state index contributed by atoms with van der Waals surface area (Å²) >= 11 is 3.18. The van der Waals surface area contributed by atoms with Crippen molar-refractivity contribution < 1.29 is 9.21 Å². The van der Waals surface area contributed by atoms with Crippen molar-refractivity contribution in [3.8, 4) is 0 Å². The molecule has 0 fully saturated rings. The van der Waals surface area contributed by atoms with E-state index in [0.29, 0.717) is 17.1 Å². The standard InChI is InChI=1S/C13H13BrN2O2/c1-16(9-10-5-3-2-4-6-10)13(17)15-12-8-7-11(14)18-12/h2-8H,9H2,1H3,(H,15,17). The highest BCUT2D eigenvalue weighted by Crippen LogP contribution is 2.18. The van der Waals surface area contributed by atoms with Gasteiger partial charge in [0.05, 0.1) is 0 Å². The van der Waals surface area contributed by atoms with Gasteiger partial charge in [-0.1, -0.05) is 30.3 Å². The van der Waals surface area contributed by atoms with Gasteiger partial charge in [0.15, 0.2) is 4.67 Å². The molecule has 5 heteroatoms. The maximum Gasteiger partial charge on any atom is 0.324 e. The molecule has 2 rings (SSSR count). The minimum Gasteiger partial charge on any atom is -0.434 e. The van der Waals surface area contributed by atoms with Crippen LogP contribution >= 0.6 is 15.9 Å². The Morgan fingerprint density at radius 1 is 1.28 bits per heavy atom. The Kier molecular flexibility index (Phi) is 4.04. The van der Waals surface area contributed by atoms with E-state index in [1.54, 1.807) is 24.1 Å². The molecular weight excluding hydrogens is 296 g/mol. The lowest BCUT2D eigenvalue weighted by molar-refractivity contribution is 0.220. The Hall–Kier alpha value is -1.75. The van der Waals surface area contributed by atoms with Crippen molar-refractivity contribution in [1.82, 2.24) is 4.90 Å². The average Bonchev–Trinajstić information content (AvgIpc) is 2.76. The quantitative estimate of drug-likeness (QED) is 0.939. The van der Waals surface area contributed by atoms with E-state index in [2.05, 4.69) is 21.2 Å². The topological polar surface area (TPSA) is 45.5 Å². The molecule has 0 spiro atoms. The third-order valence-electron chi connectivity index (χ3n) is 2.41. The van der Waals surface area contributed by atoms with Crippen molar-refractivity contribution in [3.63, 3.8) is 0 Å². The van der Waals surface area contributed by atoms with Gasteiger partial charge >= 0.3 is 6.03 Å². The van der Waals surface area contributed by atoms with E-state index < -0.39 is 0 Å². The monoisotopic (exact) mass is 308 g/mol. The van der Waals surface area contributed by atoms with Crippen molar-refractivity contribution in [1.29, 1.82) is 0 Å². The zero-order valence-electron chi connectivity index (χ0n) is 9.89. The molecule has 2 aromatic rings. The van der Waals surface area contributed by atoms with Crippen LogP contribution in [-0.2, 0) is 6.54 Å². The first-order valence-corrected chi connectivity index (χ1v) is 6.26. The van der Waals surface area contributed by atoms with E-state index in [9.17, 15) is 4.79 Å². The fraction of sp³-hybridized carbons (Fsp3) is 0.154. The van der Waals surface area contributed by atoms with Gasteiger partial charge in [0.25, 0.3) is 0 Å². The normalized spacial score (nSPS) is 10.1. The van der Waals surface area contributed by atoms with Crippen LogP contribution in [0.2, 0.25) is 0 Å². The summed E-state index contributed by atoms with van der Waals surface area (Å²) in [5, 5.41) is 2.67. The number of hydrogen-bond donors (Lipinski definition) is 1. The molecule has 0 aliphatic heterocycles. The van der Waals surface area contributed by atoms with Crippen LogP contribution in [-0.4, -0.2) is 18.0 Å². The second-order valence-corrected chi connectivity index (χ2v) is 4.66. The molecule has 0 bridgehead atoms. The van der Waals surface area contributed by atoms with Crippen LogP contribution in [0.1, 0.15) is 5.56 Å². The first-order chi connectivity index (χ1) is 8.65. The number of carbonyl (C=O) groups excluding carboxylic acids is 1. The van der Waals surface area contributed by atoms with Crippen LogP contribution < -0.4 is 5.32 Å². The van der Waals surface area contributed by atoms with Crippen LogP contribution in [0.3, 0.4) is 0 Å². The second kappa shape index (κ2) is 5.73. The first-order valence-electron chi connectivity index (χ1n) is 5.46. The van der Waals surface area contributed by atoms with Gasteiger partial charge < -0.3 is 9.32 Å². The zero-order chi connectivity index (χ0) is 13.0. The number of furan rings is 1. The van der Waals surface area contributed by atoms with Crippen LogP contribution in [0.5, 0.6) is 0 Å². The molecular formula is C13H13BrN2O2. The minimum atomic E-state index is -0.208. The molecule has 1 aromatic heterocycles. The van der Waals surface area contributed by atoms with Crippen molar-refractivity contribution in [2.24, 2.45) is 0 Å². The molecule has 94 valence electrons. The maximum absolute atomic E-state index is 11.9. The molecule has 18 heavy (non-hydrogen) atoms. The Bertz CT molecular complexity index is 525. The highest BCUT2D eigenvalue weighted by Gasteiger charge is 2.10. The highest BCUT2D eigenvalue weighted by molar-refractivity contribution is 9.10. The predicted molar refractivity (Wildman–Crippen MR) is 73.3 cm³/mol. The molecule has 0 saturated carbocycles. The molecule has 0 saturated heterocycles. The van der Waals surface area contributed by atoms with E-state index >= 15 is 0 Å². The number of nitrogens with zero attached hydrogens (tertiary/aromatic N) is 1. The molecule has 1 aromatic carbocycles. The first kappa shape index (κ1) is 12.7. The molecule has 0 aliphatic rings. The maximum atomic E-state index is 11.9. The third kappa shape index (κ3) is 3.37. The summed E-state index contributed by atoms with van der Waals surface area (Å²) in [6.07, 6.45) is 0. The number of carbonyl (C=O) groups is 1. The number of hydrogen-bond acceptors (Lipinski definition) is 2. The lowest BCUT2D eigenvalue weighted by atomic mass is 10.2. The molecule has 0 unspecified atom stereocenters. The van der Waals surface area contributed by atoms with Crippen molar-refractivity contribution in [3.05, 3.63) is 52.7 Å². The van der Waals surface area contributed by atoms with Gasteiger partial charge in [0.1, 0.15) is 0 Å².